The largest absolute Gasteiger partial charge is 0.496 e. The molecule has 0 spiro atoms. The maximum absolute atomic E-state index is 5.80. The summed E-state index contributed by atoms with van der Waals surface area (Å²) in [6, 6.07) is 7.27. The summed E-state index contributed by atoms with van der Waals surface area (Å²) in [4.78, 5) is 4.25. The van der Waals surface area contributed by atoms with Crippen LogP contribution in [-0.2, 0) is 6.42 Å². The highest BCUT2D eigenvalue weighted by Gasteiger charge is 2.14. The molecule has 0 aliphatic heterocycles. The van der Waals surface area contributed by atoms with Gasteiger partial charge in [0.05, 0.1) is 13.2 Å². The lowest BCUT2D eigenvalue weighted by molar-refractivity contribution is 0.352. The molecule has 1 heterocycles. The number of ether oxygens (including phenoxy) is 1. The highest BCUT2D eigenvalue weighted by atomic mass is 16.5. The van der Waals surface area contributed by atoms with Crippen molar-refractivity contribution in [3.63, 3.8) is 0 Å². The first-order valence-electron chi connectivity index (χ1n) is 5.88. The fourth-order valence-corrected chi connectivity index (χ4v) is 1.72. The van der Waals surface area contributed by atoms with Crippen molar-refractivity contribution in [2.24, 2.45) is 5.73 Å². The second-order valence-corrected chi connectivity index (χ2v) is 4.05. The molecule has 19 heavy (non-hydrogen) atoms. The molecule has 0 fully saturated rings. The molecule has 5 nitrogen and oxygen atoms in total. The molecule has 0 radical (unpaired) electrons. The molecule has 2 aromatic rings. The van der Waals surface area contributed by atoms with Crippen molar-refractivity contribution in [3.8, 4) is 18.1 Å². The quantitative estimate of drug-likeness (QED) is 0.825. The molecule has 0 saturated carbocycles. The molecule has 1 unspecified atom stereocenters. The van der Waals surface area contributed by atoms with Gasteiger partial charge in [0.1, 0.15) is 5.75 Å². The second-order valence-electron chi connectivity index (χ2n) is 4.05. The molecule has 1 atom stereocenters. The summed E-state index contributed by atoms with van der Waals surface area (Å²) in [6.45, 7) is 0. The van der Waals surface area contributed by atoms with Crippen LogP contribution in [0.15, 0.2) is 28.8 Å². The Kier molecular flexibility index (Phi) is 4.16. The predicted molar refractivity (Wildman–Crippen MR) is 70.5 cm³/mol. The average molecular weight is 257 g/mol. The normalized spacial score (nSPS) is 11.8. The number of hydrogen-bond acceptors (Lipinski definition) is 5. The van der Waals surface area contributed by atoms with Gasteiger partial charge in [0.15, 0.2) is 5.82 Å². The van der Waals surface area contributed by atoms with Gasteiger partial charge >= 0.3 is 0 Å². The van der Waals surface area contributed by atoms with E-state index in [0.717, 1.165) is 11.3 Å². The molecule has 1 aromatic heterocycles. The van der Waals surface area contributed by atoms with E-state index >= 15 is 0 Å². The maximum Gasteiger partial charge on any atom is 0.244 e. The van der Waals surface area contributed by atoms with Crippen molar-refractivity contribution in [2.75, 3.05) is 7.11 Å². The summed E-state index contributed by atoms with van der Waals surface area (Å²) in [5.41, 5.74) is 6.79. The zero-order chi connectivity index (χ0) is 13.7. The Morgan fingerprint density at radius 3 is 3.00 bits per heavy atom. The van der Waals surface area contributed by atoms with Gasteiger partial charge in [-0.15, -0.1) is 12.3 Å². The first kappa shape index (κ1) is 13.1. The standard InChI is InChI=1S/C14H15N3O2/c1-3-6-11(15)14-16-13(17-19-14)9-10-7-4-5-8-12(10)18-2/h1,4-5,7-8,11H,6,9,15H2,2H3. The second kappa shape index (κ2) is 6.03. The molecule has 5 heteroatoms. The molecule has 1 aromatic carbocycles. The lowest BCUT2D eigenvalue weighted by Gasteiger charge is -2.05. The summed E-state index contributed by atoms with van der Waals surface area (Å²) in [7, 11) is 1.63. The third-order valence-electron chi connectivity index (χ3n) is 2.68. The van der Waals surface area contributed by atoms with Crippen molar-refractivity contribution >= 4 is 0 Å². The van der Waals surface area contributed by atoms with Gasteiger partial charge < -0.3 is 15.0 Å². The fourth-order valence-electron chi connectivity index (χ4n) is 1.72. The van der Waals surface area contributed by atoms with Crippen molar-refractivity contribution in [1.82, 2.24) is 10.1 Å². The van der Waals surface area contributed by atoms with Crippen LogP contribution in [0, 0.1) is 12.3 Å². The number of benzene rings is 1. The average Bonchev–Trinajstić information content (AvgIpc) is 2.88. The van der Waals surface area contributed by atoms with Gasteiger partial charge in [-0.3, -0.25) is 0 Å². The minimum Gasteiger partial charge on any atom is -0.496 e. The minimum atomic E-state index is -0.413. The first-order valence-corrected chi connectivity index (χ1v) is 5.88. The fraction of sp³-hybridized carbons (Fsp3) is 0.286. The molecule has 0 aliphatic carbocycles. The lowest BCUT2D eigenvalue weighted by Crippen LogP contribution is -2.09. The zero-order valence-corrected chi connectivity index (χ0v) is 10.7. The van der Waals surface area contributed by atoms with Crippen LogP contribution in [0.2, 0.25) is 0 Å². The van der Waals surface area contributed by atoms with Gasteiger partial charge in [-0.2, -0.15) is 4.98 Å². The van der Waals surface area contributed by atoms with Crippen LogP contribution < -0.4 is 10.5 Å². The molecular weight excluding hydrogens is 242 g/mol. The highest BCUT2D eigenvalue weighted by Crippen LogP contribution is 2.20. The summed E-state index contributed by atoms with van der Waals surface area (Å²) in [6.07, 6.45) is 6.09. The molecule has 0 bridgehead atoms. The number of aromatic nitrogens is 2. The van der Waals surface area contributed by atoms with Crippen LogP contribution >= 0.6 is 0 Å². The van der Waals surface area contributed by atoms with Crippen LogP contribution in [0.1, 0.15) is 29.7 Å². The SMILES string of the molecule is C#CCC(N)c1nc(Cc2ccccc2OC)no1. The summed E-state index contributed by atoms with van der Waals surface area (Å²) >= 11 is 0. The predicted octanol–water partition coefficient (Wildman–Crippen LogP) is 1.69. The van der Waals surface area contributed by atoms with Gasteiger partial charge in [0, 0.05) is 18.4 Å². The summed E-state index contributed by atoms with van der Waals surface area (Å²) in [5, 5.41) is 3.90. The van der Waals surface area contributed by atoms with E-state index in [-0.39, 0.29) is 0 Å². The molecule has 0 saturated heterocycles. The van der Waals surface area contributed by atoms with Gasteiger partial charge in [-0.1, -0.05) is 23.4 Å². The van der Waals surface area contributed by atoms with Gasteiger partial charge in [-0.25, -0.2) is 0 Å². The van der Waals surface area contributed by atoms with Crippen LogP contribution in [0.3, 0.4) is 0 Å². The third kappa shape index (κ3) is 3.12. The molecule has 0 aliphatic rings. The number of methoxy groups -OCH3 is 1. The molecule has 0 amide bonds. The van der Waals surface area contributed by atoms with Crippen molar-refractivity contribution in [2.45, 2.75) is 18.9 Å². The number of nitrogens with zero attached hydrogens (tertiary/aromatic N) is 2. The van der Waals surface area contributed by atoms with Gasteiger partial charge in [0.2, 0.25) is 5.89 Å². The smallest absolute Gasteiger partial charge is 0.244 e. The maximum atomic E-state index is 5.80. The van der Waals surface area contributed by atoms with Crippen LogP contribution in [0.5, 0.6) is 5.75 Å². The van der Waals surface area contributed by atoms with E-state index < -0.39 is 6.04 Å². The van der Waals surface area contributed by atoms with Crippen LogP contribution in [-0.4, -0.2) is 17.3 Å². The third-order valence-corrected chi connectivity index (χ3v) is 2.68. The molecule has 98 valence electrons. The monoisotopic (exact) mass is 257 g/mol. The number of terminal acetylenes is 1. The van der Waals surface area contributed by atoms with E-state index in [1.54, 1.807) is 7.11 Å². The highest BCUT2D eigenvalue weighted by molar-refractivity contribution is 5.35. The van der Waals surface area contributed by atoms with Gasteiger partial charge in [-0.05, 0) is 6.07 Å². The Morgan fingerprint density at radius 2 is 2.26 bits per heavy atom. The van der Waals surface area contributed by atoms with Crippen LogP contribution in [0.4, 0.5) is 0 Å². The first-order chi connectivity index (χ1) is 9.24. The molecule has 2 N–H and O–H groups in total. The van der Waals surface area contributed by atoms with Gasteiger partial charge in [0.25, 0.3) is 0 Å². The van der Waals surface area contributed by atoms with E-state index in [1.807, 2.05) is 24.3 Å². The van der Waals surface area contributed by atoms with Crippen LogP contribution in [0.25, 0.3) is 0 Å². The Bertz CT molecular complexity index is 586. The topological polar surface area (TPSA) is 74.2 Å². The van der Waals surface area contributed by atoms with Crippen molar-refractivity contribution in [1.29, 1.82) is 0 Å². The summed E-state index contributed by atoms with van der Waals surface area (Å²) in [5.74, 6) is 4.19. The number of para-hydroxylation sites is 1. The van der Waals surface area contributed by atoms with E-state index in [1.165, 1.54) is 0 Å². The van der Waals surface area contributed by atoms with E-state index in [9.17, 15) is 0 Å². The Balaban J connectivity index is 2.14. The Morgan fingerprint density at radius 1 is 1.47 bits per heavy atom. The lowest BCUT2D eigenvalue weighted by atomic mass is 10.1. The number of hydrogen-bond donors (Lipinski definition) is 1. The van der Waals surface area contributed by atoms with Crippen molar-refractivity contribution in [3.05, 3.63) is 41.5 Å². The molecular formula is C14H15N3O2. The molecule has 2 rings (SSSR count). The zero-order valence-electron chi connectivity index (χ0n) is 10.7. The number of rotatable bonds is 5. The summed E-state index contributed by atoms with van der Waals surface area (Å²) < 4.78 is 10.4. The van der Waals surface area contributed by atoms with E-state index in [0.29, 0.717) is 24.6 Å². The minimum absolute atomic E-state index is 0.364. The van der Waals surface area contributed by atoms with E-state index in [2.05, 4.69) is 16.1 Å². The van der Waals surface area contributed by atoms with Crippen molar-refractivity contribution < 1.29 is 9.26 Å². The Labute approximate surface area is 111 Å². The number of nitrogens with two attached hydrogens (primary N) is 1. The Hall–Kier alpha value is -2.32. The van der Waals surface area contributed by atoms with E-state index in [4.69, 9.17) is 21.4 Å².